The Morgan fingerprint density at radius 1 is 0.862 bits per heavy atom. The number of halogens is 3. The van der Waals surface area contributed by atoms with Gasteiger partial charge < -0.3 is 0 Å². The number of benzene rings is 1. The van der Waals surface area contributed by atoms with Gasteiger partial charge in [0.15, 0.2) is 0 Å². The monoisotopic (exact) mass is 512 g/mol. The normalized spacial score (nSPS) is 19.0. The zero-order valence-electron chi connectivity index (χ0n) is 20.2. The van der Waals surface area contributed by atoms with Crippen LogP contribution in [-0.4, -0.2) is 7.39 Å². The third-order valence-electron chi connectivity index (χ3n) is 7.38. The second-order valence-corrected chi connectivity index (χ2v) is 25.7. The van der Waals surface area contributed by atoms with Gasteiger partial charge in [0.25, 0.3) is 0 Å². The predicted molar refractivity (Wildman–Crippen MR) is 141 cm³/mol. The maximum atomic E-state index is 2.76. The van der Waals surface area contributed by atoms with Crippen LogP contribution in [0.4, 0.5) is 0 Å². The molecule has 2 atom stereocenters. The van der Waals surface area contributed by atoms with E-state index in [-0.39, 0.29) is 44.6 Å². The summed E-state index contributed by atoms with van der Waals surface area (Å²) in [5, 5.41) is 4.49. The largest absolute Gasteiger partial charge is 0.147 e. The van der Waals surface area contributed by atoms with Gasteiger partial charge in [-0.15, -0.1) is 37.2 Å². The molecule has 1 aromatic carbocycles. The van der Waals surface area contributed by atoms with Crippen molar-refractivity contribution in [1.82, 2.24) is 0 Å². The Morgan fingerprint density at radius 3 is 1.62 bits per heavy atom. The topological polar surface area (TPSA) is 0 Å². The van der Waals surface area contributed by atoms with E-state index in [9.17, 15) is 0 Å². The van der Waals surface area contributed by atoms with Crippen LogP contribution in [0.3, 0.4) is 0 Å². The van der Waals surface area contributed by atoms with Crippen LogP contribution in [-0.2, 0) is 28.7 Å². The Kier molecular flexibility index (Phi) is 13.0. The molecule has 0 amide bonds. The Balaban J connectivity index is 0. The minimum atomic E-state index is -2.21. The number of allylic oxidation sites excluding steroid dienone is 4. The summed E-state index contributed by atoms with van der Waals surface area (Å²) in [6, 6.07) is 7.55. The first-order chi connectivity index (χ1) is 12.0. The number of aryl methyl sites for hydroxylation is 2. The van der Waals surface area contributed by atoms with Gasteiger partial charge in [-0.2, -0.15) is 0 Å². The van der Waals surface area contributed by atoms with Crippen molar-refractivity contribution in [3.05, 3.63) is 49.9 Å². The zero-order chi connectivity index (χ0) is 19.9. The SMILES string of the molecule is CCc1cc(CC)cc([SiH2][Ti]([CH3])([C]2=C(C)C(C)=C(C)C2C)[C](C)(C)C)c1.Cl.Cl.Cl. The average molecular weight is 514 g/mol. The molecule has 0 aromatic heterocycles. The summed E-state index contributed by atoms with van der Waals surface area (Å²) in [4.78, 5) is 0. The molecule has 1 aliphatic carbocycles. The molecule has 0 heterocycles. The van der Waals surface area contributed by atoms with Crippen LogP contribution in [0.5, 0.6) is 0 Å². The molecule has 0 radical (unpaired) electrons. The van der Waals surface area contributed by atoms with Crippen molar-refractivity contribution < 1.29 is 15.8 Å². The maximum Gasteiger partial charge on any atom is -0.147 e. The fraction of sp³-hybridized carbons (Fsp3) is 0.583. The molecule has 168 valence electrons. The summed E-state index contributed by atoms with van der Waals surface area (Å²) >= 11 is -2.21. The van der Waals surface area contributed by atoms with Crippen molar-refractivity contribution in [2.24, 2.45) is 5.92 Å². The van der Waals surface area contributed by atoms with Gasteiger partial charge in [-0.25, -0.2) is 0 Å². The minimum absolute atomic E-state index is 0. The molecule has 0 saturated heterocycles. The van der Waals surface area contributed by atoms with Crippen molar-refractivity contribution >= 4 is 49.8 Å². The number of rotatable bonds is 5. The Labute approximate surface area is 204 Å². The summed E-state index contributed by atoms with van der Waals surface area (Å²) in [5.41, 5.74) is 7.95. The van der Waals surface area contributed by atoms with E-state index in [0.717, 1.165) is 12.8 Å². The quantitative estimate of drug-likeness (QED) is 0.358. The molecule has 29 heavy (non-hydrogen) atoms. The molecular weight excluding hydrogens is 471 g/mol. The second kappa shape index (κ2) is 11.9. The fourth-order valence-corrected chi connectivity index (χ4v) is 22.2. The molecule has 0 bridgehead atoms. The van der Waals surface area contributed by atoms with E-state index in [0.29, 0.717) is 9.64 Å². The number of hydrogen-bond donors (Lipinski definition) is 0. The standard InChI is InChI=1S/C10H15Si.C9H13.C4H9.CH3.3ClH.Ti/c1-3-8-5-9(4-2)7-10(11)6-8;1-6-5-7(2)9(4)8(6)3;1-4(2)3;;;;;/h5-7H,3-4,11H2,1-2H3;6H,1-4H3;1-3H3;1H3;3*1H;. The zero-order valence-corrected chi connectivity index (χ0v) is 25.6. The molecule has 1 aliphatic rings. The third-order valence-corrected chi connectivity index (χ3v) is 28.4. The van der Waals surface area contributed by atoms with E-state index >= 15 is 0 Å². The third kappa shape index (κ3) is 6.27. The van der Waals surface area contributed by atoms with E-state index < -0.39 is 15.8 Å². The van der Waals surface area contributed by atoms with Gasteiger partial charge in [0, 0.05) is 0 Å². The molecule has 0 spiro atoms. The van der Waals surface area contributed by atoms with Crippen molar-refractivity contribution in [3.63, 3.8) is 0 Å². The van der Waals surface area contributed by atoms with Crippen LogP contribution >= 0.6 is 37.2 Å². The summed E-state index contributed by atoms with van der Waals surface area (Å²) in [6.45, 7) is 21.8. The first-order valence-corrected chi connectivity index (χ1v) is 18.3. The Bertz CT molecular complexity index is 740. The average Bonchev–Trinajstić information content (AvgIpc) is 2.76. The molecule has 2 rings (SSSR count). The minimum Gasteiger partial charge on any atom is -0.147 e. The summed E-state index contributed by atoms with van der Waals surface area (Å²) in [6.07, 6.45) is 2.32. The molecular formula is C24H43Cl3SiTi. The van der Waals surface area contributed by atoms with Crippen LogP contribution < -0.4 is 5.19 Å². The van der Waals surface area contributed by atoms with Gasteiger partial charge in [0.1, 0.15) is 0 Å². The number of hydrogen-bond acceptors (Lipinski definition) is 0. The van der Waals surface area contributed by atoms with Gasteiger partial charge >= 0.3 is 168 Å². The van der Waals surface area contributed by atoms with E-state index in [1.807, 2.05) is 3.88 Å². The smallest absolute Gasteiger partial charge is 0.147 e. The molecule has 0 fully saturated rings. The maximum absolute atomic E-state index is 2.76. The molecule has 0 aliphatic heterocycles. The van der Waals surface area contributed by atoms with Gasteiger partial charge in [-0.05, 0) is 0 Å². The van der Waals surface area contributed by atoms with Crippen molar-refractivity contribution in [3.8, 4) is 0 Å². The predicted octanol–water partition coefficient (Wildman–Crippen LogP) is 7.47. The van der Waals surface area contributed by atoms with Crippen LogP contribution in [0, 0.1) is 5.92 Å². The summed E-state index contributed by atoms with van der Waals surface area (Å²) in [7, 11) is -0.295. The molecule has 1 aromatic rings. The van der Waals surface area contributed by atoms with Gasteiger partial charge in [-0.1, -0.05) is 0 Å². The summed E-state index contributed by atoms with van der Waals surface area (Å²) in [5.74, 6) is 0.673. The first kappa shape index (κ1) is 31.7. The molecule has 5 heteroatoms. The molecule has 0 saturated carbocycles. The Morgan fingerprint density at radius 2 is 1.31 bits per heavy atom. The van der Waals surface area contributed by atoms with Gasteiger partial charge in [0.05, 0.1) is 0 Å². The van der Waals surface area contributed by atoms with E-state index in [1.54, 1.807) is 33.0 Å². The van der Waals surface area contributed by atoms with E-state index in [1.165, 1.54) is 0 Å². The van der Waals surface area contributed by atoms with E-state index in [4.69, 9.17) is 0 Å². The van der Waals surface area contributed by atoms with Crippen molar-refractivity contribution in [1.29, 1.82) is 0 Å². The van der Waals surface area contributed by atoms with Gasteiger partial charge in [0.2, 0.25) is 0 Å². The van der Waals surface area contributed by atoms with Gasteiger partial charge in [-0.3, -0.25) is 0 Å². The van der Waals surface area contributed by atoms with E-state index in [2.05, 4.69) is 85.7 Å². The first-order valence-electron chi connectivity index (χ1n) is 10.5. The molecule has 2 unspecified atom stereocenters. The Hall–Kier alpha value is 0.501. The second-order valence-electron chi connectivity index (χ2n) is 9.69. The van der Waals surface area contributed by atoms with Crippen LogP contribution in [0.2, 0.25) is 8.95 Å². The molecule has 0 nitrogen and oxygen atoms in total. The fourth-order valence-electron chi connectivity index (χ4n) is 4.78. The van der Waals surface area contributed by atoms with Crippen molar-refractivity contribution in [2.45, 2.75) is 84.1 Å². The summed E-state index contributed by atoms with van der Waals surface area (Å²) < 4.78 is 2.37. The van der Waals surface area contributed by atoms with Crippen molar-refractivity contribution in [2.75, 3.05) is 0 Å². The molecule has 0 N–H and O–H groups in total. The van der Waals surface area contributed by atoms with Crippen LogP contribution in [0.25, 0.3) is 0 Å². The van der Waals surface area contributed by atoms with Crippen LogP contribution in [0.1, 0.15) is 73.4 Å². The van der Waals surface area contributed by atoms with Crippen LogP contribution in [0.15, 0.2) is 38.8 Å².